The number of benzene rings is 1. The third-order valence-corrected chi connectivity index (χ3v) is 3.54. The lowest BCUT2D eigenvalue weighted by molar-refractivity contribution is 0.0797. The maximum absolute atomic E-state index is 5.72. The van der Waals surface area contributed by atoms with Crippen molar-refractivity contribution in [3.05, 3.63) is 35.9 Å². The van der Waals surface area contributed by atoms with Crippen LogP contribution in [0.1, 0.15) is 12.0 Å². The fourth-order valence-corrected chi connectivity index (χ4v) is 2.54. The van der Waals surface area contributed by atoms with Gasteiger partial charge in [-0.15, -0.1) is 0 Å². The fraction of sp³-hybridized carbons (Fsp3) is 0.571. The predicted octanol–water partition coefficient (Wildman–Crippen LogP) is 1.15. The smallest absolute Gasteiger partial charge is 0.0239 e. The Morgan fingerprint density at radius 3 is 2.71 bits per heavy atom. The van der Waals surface area contributed by atoms with Crippen molar-refractivity contribution < 1.29 is 0 Å². The minimum absolute atomic E-state index is 0.610. The van der Waals surface area contributed by atoms with Gasteiger partial charge in [-0.1, -0.05) is 30.3 Å². The molecule has 1 aromatic rings. The molecule has 1 saturated heterocycles. The summed E-state index contributed by atoms with van der Waals surface area (Å²) in [6, 6.07) is 11.3. The van der Waals surface area contributed by atoms with Crippen LogP contribution >= 0.6 is 0 Å². The Morgan fingerprint density at radius 2 is 2.00 bits per heavy atom. The van der Waals surface area contributed by atoms with E-state index in [4.69, 9.17) is 5.73 Å². The lowest BCUT2D eigenvalue weighted by atomic mass is 10.1. The van der Waals surface area contributed by atoms with Gasteiger partial charge in [-0.05, 0) is 25.6 Å². The number of piperazine rings is 1. The zero-order chi connectivity index (χ0) is 12.1. The summed E-state index contributed by atoms with van der Waals surface area (Å²) < 4.78 is 0. The summed E-state index contributed by atoms with van der Waals surface area (Å²) in [6.07, 6.45) is 1.09. The Labute approximate surface area is 104 Å². The molecule has 1 aliphatic rings. The van der Waals surface area contributed by atoms with Gasteiger partial charge in [0, 0.05) is 32.2 Å². The average Bonchev–Trinajstić information content (AvgIpc) is 2.34. The van der Waals surface area contributed by atoms with Crippen molar-refractivity contribution >= 4 is 0 Å². The maximum atomic E-state index is 5.72. The van der Waals surface area contributed by atoms with Crippen LogP contribution < -0.4 is 5.73 Å². The molecule has 94 valence electrons. The molecule has 0 spiro atoms. The van der Waals surface area contributed by atoms with Gasteiger partial charge in [-0.2, -0.15) is 0 Å². The molecule has 3 heteroatoms. The molecule has 0 bridgehead atoms. The molecule has 1 heterocycles. The summed E-state index contributed by atoms with van der Waals surface area (Å²) >= 11 is 0. The highest BCUT2D eigenvalue weighted by atomic mass is 15.3. The third-order valence-electron chi connectivity index (χ3n) is 3.54. The minimum Gasteiger partial charge on any atom is -0.330 e. The van der Waals surface area contributed by atoms with Crippen molar-refractivity contribution in [2.75, 3.05) is 33.2 Å². The summed E-state index contributed by atoms with van der Waals surface area (Å²) in [7, 11) is 2.20. The molecule has 1 aliphatic heterocycles. The first-order valence-electron chi connectivity index (χ1n) is 6.46. The lowest BCUT2D eigenvalue weighted by Crippen LogP contribution is -2.51. The molecular formula is C14H23N3. The molecule has 0 amide bonds. The van der Waals surface area contributed by atoms with Crippen molar-refractivity contribution in [1.29, 1.82) is 0 Å². The van der Waals surface area contributed by atoms with E-state index < -0.39 is 0 Å². The largest absolute Gasteiger partial charge is 0.330 e. The number of nitrogens with zero attached hydrogens (tertiary/aromatic N) is 2. The molecule has 0 saturated carbocycles. The number of hydrogen-bond donors (Lipinski definition) is 1. The van der Waals surface area contributed by atoms with E-state index in [1.165, 1.54) is 5.56 Å². The first-order valence-corrected chi connectivity index (χ1v) is 6.46. The highest BCUT2D eigenvalue weighted by Gasteiger charge is 2.24. The molecule has 2 rings (SSSR count). The number of likely N-dealkylation sites (N-methyl/N-ethyl adjacent to an activating group) is 1. The summed E-state index contributed by atoms with van der Waals surface area (Å²) in [5.74, 6) is 0. The topological polar surface area (TPSA) is 32.5 Å². The molecule has 0 radical (unpaired) electrons. The Morgan fingerprint density at radius 1 is 1.24 bits per heavy atom. The first kappa shape index (κ1) is 12.6. The highest BCUT2D eigenvalue weighted by Crippen LogP contribution is 2.15. The Hall–Kier alpha value is -0.900. The molecule has 1 aromatic carbocycles. The van der Waals surface area contributed by atoms with E-state index in [0.29, 0.717) is 6.04 Å². The molecule has 2 N–H and O–H groups in total. The standard InChI is InChI=1S/C14H23N3/c1-16-9-10-17(14(12-16)7-8-15)11-13-5-3-2-4-6-13/h2-6,14H,7-12,15H2,1H3. The van der Waals surface area contributed by atoms with E-state index in [0.717, 1.165) is 39.1 Å². The van der Waals surface area contributed by atoms with Gasteiger partial charge in [0.25, 0.3) is 0 Å². The maximum Gasteiger partial charge on any atom is 0.0239 e. The zero-order valence-electron chi connectivity index (χ0n) is 10.7. The second-order valence-electron chi connectivity index (χ2n) is 4.95. The quantitative estimate of drug-likeness (QED) is 0.847. The van der Waals surface area contributed by atoms with Gasteiger partial charge < -0.3 is 10.6 Å². The number of nitrogens with two attached hydrogens (primary N) is 1. The second kappa shape index (κ2) is 6.15. The van der Waals surface area contributed by atoms with Crippen LogP contribution in [0.5, 0.6) is 0 Å². The van der Waals surface area contributed by atoms with Crippen molar-refractivity contribution in [3.8, 4) is 0 Å². The Bertz CT molecular complexity index is 325. The van der Waals surface area contributed by atoms with Crippen LogP contribution in [-0.4, -0.2) is 49.1 Å². The van der Waals surface area contributed by atoms with Crippen LogP contribution in [0, 0.1) is 0 Å². The summed E-state index contributed by atoms with van der Waals surface area (Å²) in [4.78, 5) is 4.98. The summed E-state index contributed by atoms with van der Waals surface area (Å²) in [5, 5.41) is 0. The monoisotopic (exact) mass is 233 g/mol. The van der Waals surface area contributed by atoms with E-state index in [1.807, 2.05) is 0 Å². The van der Waals surface area contributed by atoms with Crippen LogP contribution in [0.15, 0.2) is 30.3 Å². The highest BCUT2D eigenvalue weighted by molar-refractivity contribution is 5.14. The Balaban J connectivity index is 1.98. The first-order chi connectivity index (χ1) is 8.29. The van der Waals surface area contributed by atoms with E-state index >= 15 is 0 Å². The molecule has 1 fully saturated rings. The molecule has 0 aliphatic carbocycles. The molecule has 3 nitrogen and oxygen atoms in total. The van der Waals surface area contributed by atoms with Crippen molar-refractivity contribution in [2.24, 2.45) is 5.73 Å². The van der Waals surface area contributed by atoms with Crippen LogP contribution in [0.2, 0.25) is 0 Å². The number of hydrogen-bond acceptors (Lipinski definition) is 3. The van der Waals surface area contributed by atoms with Gasteiger partial charge in [0.2, 0.25) is 0 Å². The van der Waals surface area contributed by atoms with Crippen molar-refractivity contribution in [2.45, 2.75) is 19.0 Å². The average molecular weight is 233 g/mol. The molecular weight excluding hydrogens is 210 g/mol. The van der Waals surface area contributed by atoms with E-state index in [9.17, 15) is 0 Å². The van der Waals surface area contributed by atoms with Crippen LogP contribution in [0.3, 0.4) is 0 Å². The Kier molecular flexibility index (Phi) is 4.54. The molecule has 1 unspecified atom stereocenters. The second-order valence-corrected chi connectivity index (χ2v) is 4.95. The molecule has 0 aromatic heterocycles. The summed E-state index contributed by atoms with van der Waals surface area (Å²) in [5.41, 5.74) is 7.12. The van der Waals surface area contributed by atoms with E-state index in [1.54, 1.807) is 0 Å². The molecule has 1 atom stereocenters. The normalized spacial score (nSPS) is 22.8. The lowest BCUT2D eigenvalue weighted by Gasteiger charge is -2.40. The van der Waals surface area contributed by atoms with Gasteiger partial charge >= 0.3 is 0 Å². The predicted molar refractivity (Wildman–Crippen MR) is 71.8 cm³/mol. The fourth-order valence-electron chi connectivity index (χ4n) is 2.54. The number of rotatable bonds is 4. The van der Waals surface area contributed by atoms with E-state index in [-0.39, 0.29) is 0 Å². The van der Waals surface area contributed by atoms with Crippen molar-refractivity contribution in [1.82, 2.24) is 9.80 Å². The van der Waals surface area contributed by atoms with Gasteiger partial charge in [0.1, 0.15) is 0 Å². The van der Waals surface area contributed by atoms with Crippen molar-refractivity contribution in [3.63, 3.8) is 0 Å². The van der Waals surface area contributed by atoms with Gasteiger partial charge in [-0.25, -0.2) is 0 Å². The van der Waals surface area contributed by atoms with Gasteiger partial charge in [0.05, 0.1) is 0 Å². The van der Waals surface area contributed by atoms with Crippen LogP contribution in [0.4, 0.5) is 0 Å². The summed E-state index contributed by atoms with van der Waals surface area (Å²) in [6.45, 7) is 5.29. The minimum atomic E-state index is 0.610. The SMILES string of the molecule is CN1CCN(Cc2ccccc2)C(CCN)C1. The van der Waals surface area contributed by atoms with Crippen LogP contribution in [-0.2, 0) is 6.54 Å². The van der Waals surface area contributed by atoms with Gasteiger partial charge in [-0.3, -0.25) is 4.90 Å². The van der Waals surface area contributed by atoms with E-state index in [2.05, 4.69) is 47.2 Å². The molecule has 17 heavy (non-hydrogen) atoms. The van der Waals surface area contributed by atoms with Crippen LogP contribution in [0.25, 0.3) is 0 Å². The third kappa shape index (κ3) is 3.53. The van der Waals surface area contributed by atoms with Gasteiger partial charge in [0.15, 0.2) is 0 Å². The zero-order valence-corrected chi connectivity index (χ0v) is 10.7.